The smallest absolute Gasteiger partial charge is 0.244 e. The normalized spacial score (nSPS) is 12.1. The van der Waals surface area contributed by atoms with Crippen molar-refractivity contribution in [3.63, 3.8) is 0 Å². The van der Waals surface area contributed by atoms with E-state index < -0.39 is 0 Å². The van der Waals surface area contributed by atoms with Gasteiger partial charge in [0.2, 0.25) is 5.91 Å². The van der Waals surface area contributed by atoms with E-state index in [-0.39, 0.29) is 11.9 Å². The Morgan fingerprint density at radius 1 is 1.39 bits per heavy atom. The maximum absolute atomic E-state index is 12.1. The van der Waals surface area contributed by atoms with Crippen LogP contribution in [0.2, 0.25) is 5.02 Å². The van der Waals surface area contributed by atoms with Crippen LogP contribution in [0.15, 0.2) is 18.2 Å². The van der Waals surface area contributed by atoms with Crippen LogP contribution in [0, 0.1) is 6.92 Å². The number of likely N-dealkylation sites (N-methyl/N-ethyl adjacent to an activating group) is 1. The third-order valence-corrected chi connectivity index (χ3v) is 3.25. The number of hydrogen-bond donors (Lipinski definition) is 1. The Morgan fingerprint density at radius 3 is 2.56 bits per heavy atom. The average Bonchev–Trinajstić information content (AvgIpc) is 2.35. The van der Waals surface area contributed by atoms with Crippen LogP contribution in [0.3, 0.4) is 0 Å². The minimum atomic E-state index is -0.248. The number of amides is 1. The maximum Gasteiger partial charge on any atom is 0.244 e. The minimum Gasteiger partial charge on any atom is -0.374 e. The lowest BCUT2D eigenvalue weighted by molar-refractivity contribution is -0.131. The molecule has 1 N–H and O–H groups in total. The van der Waals surface area contributed by atoms with Crippen LogP contribution in [-0.2, 0) is 4.79 Å². The summed E-state index contributed by atoms with van der Waals surface area (Å²) in [5.41, 5.74) is 1.99. The van der Waals surface area contributed by atoms with Gasteiger partial charge in [0.05, 0.1) is 0 Å². The molecule has 0 radical (unpaired) electrons. The zero-order chi connectivity index (χ0) is 13.7. The van der Waals surface area contributed by atoms with Gasteiger partial charge in [0.15, 0.2) is 0 Å². The fourth-order valence-electron chi connectivity index (χ4n) is 1.85. The summed E-state index contributed by atoms with van der Waals surface area (Å²) in [7, 11) is 0. The predicted octanol–water partition coefficient (Wildman–Crippen LogP) is 3.32. The second-order valence-electron chi connectivity index (χ2n) is 4.34. The van der Waals surface area contributed by atoms with Gasteiger partial charge in [-0.05, 0) is 45.4 Å². The van der Waals surface area contributed by atoms with Crippen LogP contribution in [-0.4, -0.2) is 29.9 Å². The Morgan fingerprint density at radius 2 is 2.00 bits per heavy atom. The standard InChI is InChI=1S/C14H21ClN2O/c1-5-17(6-2)14(18)11(4)16-13-9-12(15)8-7-10(13)3/h7-9,11,16H,5-6H2,1-4H3. The molecule has 0 aliphatic rings. The van der Waals surface area contributed by atoms with Gasteiger partial charge in [-0.15, -0.1) is 0 Å². The summed E-state index contributed by atoms with van der Waals surface area (Å²) in [5.74, 6) is 0.111. The number of rotatable bonds is 5. The van der Waals surface area contributed by atoms with E-state index in [1.165, 1.54) is 0 Å². The third-order valence-electron chi connectivity index (χ3n) is 3.02. The molecule has 100 valence electrons. The molecular formula is C14H21ClN2O. The fraction of sp³-hybridized carbons (Fsp3) is 0.500. The number of halogens is 1. The van der Waals surface area contributed by atoms with Crippen molar-refractivity contribution in [3.8, 4) is 0 Å². The van der Waals surface area contributed by atoms with Gasteiger partial charge in [-0.1, -0.05) is 17.7 Å². The van der Waals surface area contributed by atoms with Crippen LogP contribution in [0.25, 0.3) is 0 Å². The molecule has 0 saturated heterocycles. The van der Waals surface area contributed by atoms with Crippen molar-refractivity contribution < 1.29 is 4.79 Å². The molecule has 0 aromatic heterocycles. The highest BCUT2D eigenvalue weighted by atomic mass is 35.5. The molecule has 3 nitrogen and oxygen atoms in total. The Balaban J connectivity index is 2.77. The Labute approximate surface area is 114 Å². The van der Waals surface area contributed by atoms with Crippen molar-refractivity contribution in [2.24, 2.45) is 0 Å². The molecule has 1 rings (SSSR count). The largest absolute Gasteiger partial charge is 0.374 e. The van der Waals surface area contributed by atoms with Crippen molar-refractivity contribution in [2.45, 2.75) is 33.7 Å². The van der Waals surface area contributed by atoms with Crippen LogP contribution in [0.5, 0.6) is 0 Å². The monoisotopic (exact) mass is 268 g/mol. The Bertz CT molecular complexity index is 416. The molecule has 1 unspecified atom stereocenters. The van der Waals surface area contributed by atoms with Crippen LogP contribution in [0.4, 0.5) is 5.69 Å². The molecular weight excluding hydrogens is 248 g/mol. The number of carbonyl (C=O) groups excluding carboxylic acids is 1. The SMILES string of the molecule is CCN(CC)C(=O)C(C)Nc1cc(Cl)ccc1C. The van der Waals surface area contributed by atoms with E-state index in [1.54, 1.807) is 0 Å². The van der Waals surface area contributed by atoms with E-state index in [1.807, 2.05) is 50.8 Å². The first kappa shape index (κ1) is 14.8. The summed E-state index contributed by atoms with van der Waals surface area (Å²) in [6.07, 6.45) is 0. The highest BCUT2D eigenvalue weighted by Crippen LogP contribution is 2.21. The zero-order valence-electron chi connectivity index (χ0n) is 11.5. The highest BCUT2D eigenvalue weighted by molar-refractivity contribution is 6.30. The molecule has 1 aromatic rings. The topological polar surface area (TPSA) is 32.3 Å². The van der Waals surface area contributed by atoms with Crippen LogP contribution >= 0.6 is 11.6 Å². The van der Waals surface area contributed by atoms with Gasteiger partial charge in [0.25, 0.3) is 0 Å². The molecule has 0 aliphatic heterocycles. The van der Waals surface area contributed by atoms with Gasteiger partial charge in [-0.3, -0.25) is 4.79 Å². The first-order valence-corrected chi connectivity index (χ1v) is 6.68. The molecule has 0 bridgehead atoms. The third kappa shape index (κ3) is 3.64. The van der Waals surface area contributed by atoms with E-state index in [9.17, 15) is 4.79 Å². The van der Waals surface area contributed by atoms with E-state index >= 15 is 0 Å². The van der Waals surface area contributed by atoms with E-state index in [4.69, 9.17) is 11.6 Å². The molecule has 4 heteroatoms. The highest BCUT2D eigenvalue weighted by Gasteiger charge is 2.18. The summed E-state index contributed by atoms with van der Waals surface area (Å²) in [5, 5.41) is 3.90. The van der Waals surface area contributed by atoms with Crippen molar-refractivity contribution in [1.82, 2.24) is 4.90 Å². The quantitative estimate of drug-likeness (QED) is 0.889. The van der Waals surface area contributed by atoms with Crippen molar-refractivity contribution in [1.29, 1.82) is 0 Å². The Kier molecular flexibility index (Phi) is 5.48. The van der Waals surface area contributed by atoms with E-state index in [2.05, 4.69) is 5.32 Å². The number of hydrogen-bond acceptors (Lipinski definition) is 2. The molecule has 1 atom stereocenters. The summed E-state index contributed by atoms with van der Waals surface area (Å²) in [6, 6.07) is 5.39. The molecule has 0 aliphatic carbocycles. The number of carbonyl (C=O) groups is 1. The molecule has 0 heterocycles. The summed E-state index contributed by atoms with van der Waals surface area (Å²) in [6.45, 7) is 9.30. The van der Waals surface area contributed by atoms with Crippen molar-refractivity contribution >= 4 is 23.2 Å². The second-order valence-corrected chi connectivity index (χ2v) is 4.77. The zero-order valence-corrected chi connectivity index (χ0v) is 12.2. The molecule has 18 heavy (non-hydrogen) atoms. The van der Waals surface area contributed by atoms with Crippen LogP contribution in [0.1, 0.15) is 26.3 Å². The number of benzene rings is 1. The van der Waals surface area contributed by atoms with Crippen molar-refractivity contribution in [3.05, 3.63) is 28.8 Å². The first-order chi connectivity index (χ1) is 8.49. The maximum atomic E-state index is 12.1. The number of nitrogens with one attached hydrogen (secondary N) is 1. The van der Waals surface area contributed by atoms with E-state index in [0.29, 0.717) is 5.02 Å². The lowest BCUT2D eigenvalue weighted by atomic mass is 10.1. The lowest BCUT2D eigenvalue weighted by Gasteiger charge is -2.24. The number of nitrogens with zero attached hydrogens (tertiary/aromatic N) is 1. The molecule has 0 fully saturated rings. The summed E-state index contributed by atoms with van der Waals surface area (Å²) >= 11 is 5.96. The van der Waals surface area contributed by atoms with Gasteiger partial charge < -0.3 is 10.2 Å². The Hall–Kier alpha value is -1.22. The van der Waals surface area contributed by atoms with Crippen LogP contribution < -0.4 is 5.32 Å². The lowest BCUT2D eigenvalue weighted by Crippen LogP contribution is -2.41. The minimum absolute atomic E-state index is 0.111. The van der Waals surface area contributed by atoms with Gasteiger partial charge in [-0.2, -0.15) is 0 Å². The molecule has 0 saturated carbocycles. The van der Waals surface area contributed by atoms with E-state index in [0.717, 1.165) is 24.3 Å². The van der Waals surface area contributed by atoms with Gasteiger partial charge in [0.1, 0.15) is 6.04 Å². The number of aryl methyl sites for hydroxylation is 1. The second kappa shape index (κ2) is 6.64. The summed E-state index contributed by atoms with van der Waals surface area (Å²) < 4.78 is 0. The summed E-state index contributed by atoms with van der Waals surface area (Å²) in [4.78, 5) is 14.0. The van der Waals surface area contributed by atoms with Gasteiger partial charge in [-0.25, -0.2) is 0 Å². The molecule has 0 spiro atoms. The van der Waals surface area contributed by atoms with Gasteiger partial charge >= 0.3 is 0 Å². The van der Waals surface area contributed by atoms with Crippen molar-refractivity contribution in [2.75, 3.05) is 18.4 Å². The predicted molar refractivity (Wildman–Crippen MR) is 77.2 cm³/mol. The first-order valence-electron chi connectivity index (χ1n) is 6.31. The fourth-order valence-corrected chi connectivity index (χ4v) is 2.03. The molecule has 1 amide bonds. The average molecular weight is 269 g/mol. The number of anilines is 1. The van der Waals surface area contributed by atoms with Gasteiger partial charge in [0, 0.05) is 23.8 Å². The molecule has 1 aromatic carbocycles.